The summed E-state index contributed by atoms with van der Waals surface area (Å²) in [4.78, 5) is 55.3. The van der Waals surface area contributed by atoms with E-state index in [0.717, 1.165) is 88.4 Å². The van der Waals surface area contributed by atoms with Gasteiger partial charge in [0.2, 0.25) is 0 Å². The van der Waals surface area contributed by atoms with Crippen molar-refractivity contribution < 1.29 is 19.1 Å². The van der Waals surface area contributed by atoms with Crippen molar-refractivity contribution in [1.29, 1.82) is 0 Å². The predicted octanol–water partition coefficient (Wildman–Crippen LogP) is 11.3. The molecule has 0 fully saturated rings. The van der Waals surface area contributed by atoms with Crippen LogP contribution in [0.5, 0.6) is 0 Å². The van der Waals surface area contributed by atoms with Crippen LogP contribution in [0, 0.1) is 0 Å². The lowest BCUT2D eigenvalue weighted by molar-refractivity contribution is -0.144. The average Bonchev–Trinajstić information content (AvgIpc) is 3.95. The van der Waals surface area contributed by atoms with Gasteiger partial charge in [-0.15, -0.1) is 22.7 Å². The van der Waals surface area contributed by atoms with Gasteiger partial charge >= 0.3 is 11.9 Å². The molecule has 0 saturated carbocycles. The molecule has 0 unspecified atom stereocenters. The van der Waals surface area contributed by atoms with E-state index in [4.69, 9.17) is 9.47 Å². The Balaban J connectivity index is 1.01. The third-order valence-electron chi connectivity index (χ3n) is 11.4. The minimum absolute atomic E-state index is 0.104. The number of hydrogen-bond donors (Lipinski definition) is 0. The summed E-state index contributed by atoms with van der Waals surface area (Å²) >= 11 is 3.25. The zero-order valence-electron chi connectivity index (χ0n) is 32.5. The van der Waals surface area contributed by atoms with Crippen molar-refractivity contribution >= 4 is 98.4 Å². The summed E-state index contributed by atoms with van der Waals surface area (Å²) in [6, 6.07) is 16.0. The molecule has 0 spiro atoms. The quantitative estimate of drug-likeness (QED) is 0.0433. The van der Waals surface area contributed by atoms with Crippen LogP contribution in [0.1, 0.15) is 113 Å². The van der Waals surface area contributed by atoms with Gasteiger partial charge in [0.05, 0.1) is 44.7 Å². The Hall–Kier alpha value is -4.54. The zero-order valence-corrected chi connectivity index (χ0v) is 34.1. The fourth-order valence-electron chi connectivity index (χ4n) is 8.46. The van der Waals surface area contributed by atoms with E-state index in [1.54, 1.807) is 31.5 Å². The van der Waals surface area contributed by atoms with Crippen molar-refractivity contribution in [2.45, 2.75) is 117 Å². The second-order valence-corrected chi connectivity index (χ2v) is 17.6. The number of carbonyl (C=O) groups is 2. The maximum atomic E-state index is 14.3. The molecule has 10 heteroatoms. The number of hydrogen-bond acceptors (Lipinski definition) is 8. The van der Waals surface area contributed by atoms with Gasteiger partial charge < -0.3 is 9.47 Å². The number of thiophene rings is 2. The monoisotopic (exact) mass is 790 g/mol. The largest absolute Gasteiger partial charge is 0.465 e. The number of carbonyl (C=O) groups excluding carboxylic acids is 2. The molecule has 0 saturated heterocycles. The Morgan fingerprint density at radius 1 is 0.518 bits per heavy atom. The van der Waals surface area contributed by atoms with Crippen LogP contribution in [-0.4, -0.2) is 34.0 Å². The van der Waals surface area contributed by atoms with E-state index in [-0.39, 0.29) is 23.1 Å². The van der Waals surface area contributed by atoms with Crippen LogP contribution < -0.4 is 11.1 Å². The lowest BCUT2D eigenvalue weighted by Crippen LogP contribution is -2.16. The summed E-state index contributed by atoms with van der Waals surface area (Å²) in [5, 5.41) is 4.71. The lowest BCUT2D eigenvalue weighted by Gasteiger charge is -2.13. The number of fused-ring (bicyclic) bond motifs is 8. The van der Waals surface area contributed by atoms with Crippen LogP contribution in [0.15, 0.2) is 58.1 Å². The zero-order chi connectivity index (χ0) is 38.8. The molecule has 0 amide bonds. The second kappa shape index (κ2) is 16.9. The number of benzene rings is 2. The highest BCUT2D eigenvalue weighted by Gasteiger charge is 2.22. The third kappa shape index (κ3) is 7.38. The number of aromatic nitrogens is 2. The molecule has 0 aliphatic heterocycles. The first-order chi connectivity index (χ1) is 27.4. The second-order valence-electron chi connectivity index (χ2n) is 15.3. The molecule has 2 aromatic carbocycles. The Bertz CT molecular complexity index is 2600. The molecule has 0 aliphatic rings. The van der Waals surface area contributed by atoms with Gasteiger partial charge in [-0.25, -0.2) is 0 Å². The van der Waals surface area contributed by atoms with Crippen molar-refractivity contribution in [3.8, 4) is 0 Å². The number of pyridine rings is 2. The Kier molecular flexibility index (Phi) is 11.6. The highest BCUT2D eigenvalue weighted by Crippen LogP contribution is 2.40. The van der Waals surface area contributed by atoms with Gasteiger partial charge in [0.25, 0.3) is 11.1 Å². The van der Waals surface area contributed by atoms with Gasteiger partial charge in [-0.1, -0.05) is 90.2 Å². The molecular formula is C46H50N2O6S2. The van der Waals surface area contributed by atoms with Gasteiger partial charge in [0, 0.05) is 67.8 Å². The van der Waals surface area contributed by atoms with Crippen molar-refractivity contribution in [2.75, 3.05) is 13.2 Å². The van der Waals surface area contributed by atoms with E-state index in [1.807, 2.05) is 24.3 Å². The molecule has 8 aromatic rings. The molecule has 0 N–H and O–H groups in total. The Morgan fingerprint density at radius 2 is 0.911 bits per heavy atom. The topological polar surface area (TPSA) is 95.6 Å². The van der Waals surface area contributed by atoms with Crippen molar-refractivity contribution in [2.24, 2.45) is 0 Å². The van der Waals surface area contributed by atoms with E-state index in [9.17, 15) is 19.2 Å². The number of rotatable bonds is 20. The highest BCUT2D eigenvalue weighted by atomic mass is 32.1. The maximum absolute atomic E-state index is 14.3. The first-order valence-electron chi connectivity index (χ1n) is 20.7. The summed E-state index contributed by atoms with van der Waals surface area (Å²) < 4.78 is 16.7. The molecule has 6 aromatic heterocycles. The normalized spacial score (nSPS) is 12.2. The van der Waals surface area contributed by atoms with Crippen LogP contribution in [0.2, 0.25) is 0 Å². The standard InChI is InChI=1S/C46H50N2O6S2/c1-3-5-7-9-11-13-15-41(49)53-23-21-29-25-37-39(55-29)27-35-31-17-20-34-44-32(18-19-33(43(31)44)45(51)47(35)37)36-28-40-38(48(36)46(34)52)26-30(56-40)22-24-54-42(50)16-14-12-10-8-6-4-2/h17-20,25-28H,3-16,21-24H2,1-2H3. The van der Waals surface area contributed by atoms with Gasteiger partial charge in [-0.3, -0.25) is 28.0 Å². The summed E-state index contributed by atoms with van der Waals surface area (Å²) in [5.41, 5.74) is 3.17. The molecule has 0 aliphatic carbocycles. The van der Waals surface area contributed by atoms with Crippen LogP contribution in [0.3, 0.4) is 0 Å². The molecular weight excluding hydrogens is 741 g/mol. The van der Waals surface area contributed by atoms with Crippen LogP contribution in [0.4, 0.5) is 0 Å². The summed E-state index contributed by atoms with van der Waals surface area (Å²) in [5.74, 6) is -0.281. The van der Waals surface area contributed by atoms with Gasteiger partial charge in [-0.05, 0) is 49.2 Å². The Morgan fingerprint density at radius 3 is 1.34 bits per heavy atom. The highest BCUT2D eigenvalue weighted by molar-refractivity contribution is 7.19. The lowest BCUT2D eigenvalue weighted by atomic mass is 9.95. The minimum Gasteiger partial charge on any atom is -0.465 e. The van der Waals surface area contributed by atoms with Crippen LogP contribution in [-0.2, 0) is 31.9 Å². The number of esters is 2. The van der Waals surface area contributed by atoms with Crippen LogP contribution in [0.25, 0.3) is 63.8 Å². The van der Waals surface area contributed by atoms with Gasteiger partial charge in [0.15, 0.2) is 0 Å². The number of nitrogens with zero attached hydrogens (tertiary/aromatic N) is 2. The first kappa shape index (κ1) is 38.3. The molecule has 8 nitrogen and oxygen atoms in total. The fraction of sp³-hybridized carbons (Fsp3) is 0.435. The minimum atomic E-state index is -0.140. The SMILES string of the molecule is CCCCCCCCC(=O)OCCc1cc2c(cc3c4ccc5c(=O)n6c7cc(CCOC(=O)CCCCCCCC)sc7cc6c6ccc(c(=O)n23)c4c56)s1. The van der Waals surface area contributed by atoms with E-state index < -0.39 is 0 Å². The Labute approximate surface area is 333 Å². The molecule has 6 heterocycles. The van der Waals surface area contributed by atoms with Gasteiger partial charge in [0.1, 0.15) is 0 Å². The summed E-state index contributed by atoms with van der Waals surface area (Å²) in [6.45, 7) is 5.06. The number of unbranched alkanes of at least 4 members (excludes halogenated alkanes) is 10. The van der Waals surface area contributed by atoms with Crippen LogP contribution >= 0.6 is 22.7 Å². The third-order valence-corrected chi connectivity index (χ3v) is 13.6. The fourth-order valence-corrected chi connectivity index (χ4v) is 10.6. The van der Waals surface area contributed by atoms with E-state index in [2.05, 4.69) is 38.1 Å². The summed E-state index contributed by atoms with van der Waals surface area (Å²) in [6.07, 6.45) is 15.7. The van der Waals surface area contributed by atoms with Crippen molar-refractivity contribution in [3.05, 3.63) is 79.0 Å². The van der Waals surface area contributed by atoms with Crippen molar-refractivity contribution in [1.82, 2.24) is 8.80 Å². The average molecular weight is 791 g/mol. The number of ether oxygens (including phenoxy) is 2. The molecule has 0 bridgehead atoms. The molecule has 0 atom stereocenters. The molecule has 56 heavy (non-hydrogen) atoms. The molecule has 292 valence electrons. The first-order valence-corrected chi connectivity index (χ1v) is 22.3. The maximum Gasteiger partial charge on any atom is 0.305 e. The van der Waals surface area contributed by atoms with Crippen molar-refractivity contribution in [3.63, 3.8) is 0 Å². The molecule has 0 radical (unpaired) electrons. The predicted molar refractivity (Wildman–Crippen MR) is 232 cm³/mol. The molecule has 8 rings (SSSR count). The van der Waals surface area contributed by atoms with E-state index in [0.29, 0.717) is 49.7 Å². The smallest absolute Gasteiger partial charge is 0.305 e. The van der Waals surface area contributed by atoms with E-state index in [1.165, 1.54) is 51.4 Å². The summed E-state index contributed by atoms with van der Waals surface area (Å²) in [7, 11) is 0. The van der Waals surface area contributed by atoms with Gasteiger partial charge in [-0.2, -0.15) is 0 Å². The van der Waals surface area contributed by atoms with E-state index >= 15 is 0 Å².